The summed E-state index contributed by atoms with van der Waals surface area (Å²) < 4.78 is 11.6. The molecule has 0 amide bonds. The fourth-order valence-electron chi connectivity index (χ4n) is 5.04. The van der Waals surface area contributed by atoms with E-state index in [1.807, 2.05) is 7.11 Å². The van der Waals surface area contributed by atoms with E-state index in [2.05, 4.69) is 4.90 Å². The van der Waals surface area contributed by atoms with Gasteiger partial charge in [-0.3, -0.25) is 0 Å². The average molecular weight is 340 g/mol. The van der Waals surface area contributed by atoms with Crippen molar-refractivity contribution in [3.8, 4) is 0 Å². The van der Waals surface area contributed by atoms with Gasteiger partial charge in [-0.25, -0.2) is 0 Å². The maximum Gasteiger partial charge on any atom is 0.0597 e. The summed E-state index contributed by atoms with van der Waals surface area (Å²) in [6.07, 6.45) is 12.5. The fraction of sp³-hybridized carbons (Fsp3) is 1.00. The molecule has 140 valence electrons. The Hall–Kier alpha value is -0.160. The largest absolute Gasteiger partial charge is 0.393 e. The molecule has 1 saturated heterocycles. The van der Waals surface area contributed by atoms with Gasteiger partial charge in [0.15, 0.2) is 0 Å². The van der Waals surface area contributed by atoms with Crippen LogP contribution in [0.25, 0.3) is 0 Å². The third-order valence-electron chi connectivity index (χ3n) is 6.64. The van der Waals surface area contributed by atoms with E-state index in [0.29, 0.717) is 24.0 Å². The third-order valence-corrected chi connectivity index (χ3v) is 6.64. The second kappa shape index (κ2) is 9.51. The van der Waals surface area contributed by atoms with E-state index in [1.54, 1.807) is 0 Å². The number of ether oxygens (including phenoxy) is 2. The molecule has 3 atom stereocenters. The van der Waals surface area contributed by atoms with Gasteiger partial charge in [0.05, 0.1) is 24.9 Å². The van der Waals surface area contributed by atoms with Gasteiger partial charge in [0.25, 0.3) is 0 Å². The van der Waals surface area contributed by atoms with Crippen LogP contribution in [0.5, 0.6) is 0 Å². The first-order chi connectivity index (χ1) is 11.8. The van der Waals surface area contributed by atoms with Crippen LogP contribution in [0.2, 0.25) is 0 Å². The summed E-state index contributed by atoms with van der Waals surface area (Å²) in [6, 6.07) is 0. The fourth-order valence-corrected chi connectivity index (χ4v) is 5.04. The lowest BCUT2D eigenvalue weighted by molar-refractivity contribution is -0.0453. The minimum atomic E-state index is -0.131. The molecule has 0 aromatic rings. The van der Waals surface area contributed by atoms with E-state index < -0.39 is 0 Å². The second-order valence-corrected chi connectivity index (χ2v) is 8.23. The van der Waals surface area contributed by atoms with Crippen molar-refractivity contribution in [3.63, 3.8) is 0 Å². The van der Waals surface area contributed by atoms with E-state index in [-0.39, 0.29) is 6.10 Å². The molecule has 2 saturated carbocycles. The lowest BCUT2D eigenvalue weighted by Gasteiger charge is -2.38. The van der Waals surface area contributed by atoms with Gasteiger partial charge in [-0.2, -0.15) is 0 Å². The molecule has 0 radical (unpaired) electrons. The molecule has 2 aliphatic carbocycles. The lowest BCUT2D eigenvalue weighted by Crippen LogP contribution is -2.37. The zero-order valence-corrected chi connectivity index (χ0v) is 15.5. The number of rotatable bonds is 7. The van der Waals surface area contributed by atoms with Gasteiger partial charge in [-0.1, -0.05) is 6.42 Å². The van der Waals surface area contributed by atoms with Crippen LogP contribution in [-0.2, 0) is 9.47 Å². The Labute approximate surface area is 147 Å². The number of nitrogens with zero attached hydrogens (tertiary/aromatic N) is 1. The first kappa shape index (κ1) is 18.6. The monoisotopic (exact) mass is 339 g/mol. The molecule has 4 nitrogen and oxygen atoms in total. The molecular weight excluding hydrogens is 302 g/mol. The first-order valence-electron chi connectivity index (χ1n) is 10.3. The number of hydrogen-bond acceptors (Lipinski definition) is 4. The van der Waals surface area contributed by atoms with Crippen molar-refractivity contribution in [1.82, 2.24) is 4.90 Å². The number of aliphatic hydroxyl groups excluding tert-OH is 1. The molecular formula is C20H37NO3. The summed E-state index contributed by atoms with van der Waals surface area (Å²) in [5.74, 6) is 0.922. The van der Waals surface area contributed by atoms with E-state index in [9.17, 15) is 5.11 Å². The molecule has 0 spiro atoms. The molecule has 1 N–H and O–H groups in total. The van der Waals surface area contributed by atoms with Crippen molar-refractivity contribution < 1.29 is 14.6 Å². The van der Waals surface area contributed by atoms with Crippen molar-refractivity contribution in [3.05, 3.63) is 0 Å². The zero-order chi connectivity index (χ0) is 16.8. The lowest BCUT2D eigenvalue weighted by atomic mass is 9.74. The van der Waals surface area contributed by atoms with E-state index in [4.69, 9.17) is 9.47 Å². The number of methoxy groups -OCH3 is 1. The van der Waals surface area contributed by atoms with Crippen LogP contribution in [0.4, 0.5) is 0 Å². The Balaban J connectivity index is 1.33. The topological polar surface area (TPSA) is 41.9 Å². The van der Waals surface area contributed by atoms with Gasteiger partial charge in [0, 0.05) is 13.7 Å². The Kier molecular flexibility index (Phi) is 7.38. The zero-order valence-electron chi connectivity index (χ0n) is 15.5. The molecule has 3 fully saturated rings. The molecule has 3 aliphatic rings. The summed E-state index contributed by atoms with van der Waals surface area (Å²) in [7, 11) is 1.81. The Morgan fingerprint density at radius 2 is 1.67 bits per heavy atom. The third kappa shape index (κ3) is 5.17. The highest BCUT2D eigenvalue weighted by atomic mass is 16.5. The Bertz CT molecular complexity index is 351. The maximum atomic E-state index is 10.8. The predicted octanol–water partition coefficient (Wildman–Crippen LogP) is 3.22. The average Bonchev–Trinajstić information content (AvgIpc) is 3.15. The molecule has 4 heteroatoms. The highest BCUT2D eigenvalue weighted by Gasteiger charge is 2.34. The summed E-state index contributed by atoms with van der Waals surface area (Å²) in [5, 5.41) is 10.8. The highest BCUT2D eigenvalue weighted by Crippen LogP contribution is 2.37. The first-order valence-corrected chi connectivity index (χ1v) is 10.3. The molecule has 24 heavy (non-hydrogen) atoms. The number of hydrogen-bond donors (Lipinski definition) is 1. The summed E-state index contributed by atoms with van der Waals surface area (Å²) in [4.78, 5) is 2.52. The molecule has 1 aliphatic heterocycles. The number of likely N-dealkylation sites (tertiary alicyclic amines) is 1. The van der Waals surface area contributed by atoms with Crippen molar-refractivity contribution >= 4 is 0 Å². The van der Waals surface area contributed by atoms with Crippen LogP contribution in [0.1, 0.15) is 64.2 Å². The quantitative estimate of drug-likeness (QED) is 0.773. The maximum absolute atomic E-state index is 10.8. The molecule has 1 heterocycles. The van der Waals surface area contributed by atoms with E-state index >= 15 is 0 Å². The number of aliphatic hydroxyl groups is 1. The second-order valence-electron chi connectivity index (χ2n) is 8.23. The van der Waals surface area contributed by atoms with E-state index in [0.717, 1.165) is 51.7 Å². The van der Waals surface area contributed by atoms with Gasteiger partial charge in [-0.05, 0) is 82.7 Å². The van der Waals surface area contributed by atoms with Crippen LogP contribution in [0, 0.1) is 11.8 Å². The van der Waals surface area contributed by atoms with Crippen molar-refractivity contribution in [2.24, 2.45) is 11.8 Å². The minimum Gasteiger partial charge on any atom is -0.393 e. The SMILES string of the molecule is COC1CCCC(C(O)C2CCC(OCCN3CCCC3)CC2)C1. The van der Waals surface area contributed by atoms with E-state index in [1.165, 1.54) is 38.8 Å². The molecule has 3 unspecified atom stereocenters. The van der Waals surface area contributed by atoms with Gasteiger partial charge in [0.1, 0.15) is 0 Å². The van der Waals surface area contributed by atoms with Crippen molar-refractivity contribution in [2.45, 2.75) is 82.5 Å². The minimum absolute atomic E-state index is 0.131. The smallest absolute Gasteiger partial charge is 0.0597 e. The Morgan fingerprint density at radius 1 is 0.917 bits per heavy atom. The van der Waals surface area contributed by atoms with Crippen LogP contribution >= 0.6 is 0 Å². The van der Waals surface area contributed by atoms with Crippen LogP contribution in [0.15, 0.2) is 0 Å². The van der Waals surface area contributed by atoms with Crippen molar-refractivity contribution in [1.29, 1.82) is 0 Å². The van der Waals surface area contributed by atoms with Gasteiger partial charge < -0.3 is 19.5 Å². The summed E-state index contributed by atoms with van der Waals surface area (Å²) in [5.41, 5.74) is 0. The highest BCUT2D eigenvalue weighted by molar-refractivity contribution is 4.85. The van der Waals surface area contributed by atoms with Gasteiger partial charge in [0.2, 0.25) is 0 Å². The van der Waals surface area contributed by atoms with Crippen LogP contribution in [0.3, 0.4) is 0 Å². The molecule has 0 aromatic carbocycles. The standard InChI is InChI=1S/C20H37NO3/c1-23-19-6-4-5-17(15-19)20(22)16-7-9-18(10-8-16)24-14-13-21-11-2-3-12-21/h16-20,22H,2-15H2,1H3. The Morgan fingerprint density at radius 3 is 2.38 bits per heavy atom. The van der Waals surface area contributed by atoms with Crippen molar-refractivity contribution in [2.75, 3.05) is 33.4 Å². The molecule has 3 rings (SSSR count). The molecule has 0 bridgehead atoms. The summed E-state index contributed by atoms with van der Waals surface area (Å²) >= 11 is 0. The summed E-state index contributed by atoms with van der Waals surface area (Å²) in [6.45, 7) is 4.50. The molecule has 0 aromatic heterocycles. The normalized spacial score (nSPS) is 36.8. The van der Waals surface area contributed by atoms with Gasteiger partial charge in [-0.15, -0.1) is 0 Å². The van der Waals surface area contributed by atoms with Crippen LogP contribution < -0.4 is 0 Å². The van der Waals surface area contributed by atoms with Gasteiger partial charge >= 0.3 is 0 Å². The van der Waals surface area contributed by atoms with Crippen LogP contribution in [-0.4, -0.2) is 61.7 Å². The predicted molar refractivity (Wildman–Crippen MR) is 96.1 cm³/mol.